The lowest BCUT2D eigenvalue weighted by Crippen LogP contribution is -2.49. The largest absolute Gasteiger partial charge is 0.497 e. The van der Waals surface area contributed by atoms with Crippen molar-refractivity contribution in [1.29, 1.82) is 0 Å². The SMILES string of the molecule is COc1ccc(NC(=O)N2CCN(Cc3cccc(F)c3)CC2)cc1. The number of benzene rings is 2. The number of nitrogens with one attached hydrogen (secondary N) is 1. The van der Waals surface area contributed by atoms with Gasteiger partial charge >= 0.3 is 6.03 Å². The molecule has 2 aromatic carbocycles. The summed E-state index contributed by atoms with van der Waals surface area (Å²) in [6, 6.07) is 13.8. The molecule has 0 bridgehead atoms. The van der Waals surface area contributed by atoms with Crippen molar-refractivity contribution in [3.05, 3.63) is 59.9 Å². The van der Waals surface area contributed by atoms with Crippen LogP contribution in [0.25, 0.3) is 0 Å². The number of carbonyl (C=O) groups excluding carboxylic acids is 1. The van der Waals surface area contributed by atoms with E-state index >= 15 is 0 Å². The van der Waals surface area contributed by atoms with Crippen LogP contribution in [0.1, 0.15) is 5.56 Å². The van der Waals surface area contributed by atoms with Crippen LogP contribution in [0.5, 0.6) is 5.75 Å². The Bertz CT molecular complexity index is 713. The summed E-state index contributed by atoms with van der Waals surface area (Å²) in [7, 11) is 1.61. The monoisotopic (exact) mass is 343 g/mol. The number of rotatable bonds is 4. The van der Waals surface area contributed by atoms with Crippen molar-refractivity contribution in [3.63, 3.8) is 0 Å². The summed E-state index contributed by atoms with van der Waals surface area (Å²) in [6.07, 6.45) is 0. The van der Waals surface area contributed by atoms with Crippen LogP contribution in [0.3, 0.4) is 0 Å². The lowest BCUT2D eigenvalue weighted by Gasteiger charge is -2.34. The van der Waals surface area contributed by atoms with Gasteiger partial charge in [-0.3, -0.25) is 4.90 Å². The number of piperazine rings is 1. The molecule has 1 heterocycles. The average molecular weight is 343 g/mol. The predicted molar refractivity (Wildman–Crippen MR) is 95.3 cm³/mol. The fourth-order valence-corrected chi connectivity index (χ4v) is 2.88. The lowest BCUT2D eigenvalue weighted by atomic mass is 10.2. The minimum absolute atomic E-state index is 0.101. The number of halogens is 1. The molecule has 1 aliphatic rings. The minimum atomic E-state index is -0.213. The molecule has 2 amide bonds. The number of methoxy groups -OCH3 is 1. The molecule has 0 radical (unpaired) electrons. The van der Waals surface area contributed by atoms with E-state index in [1.54, 1.807) is 24.1 Å². The first-order chi connectivity index (χ1) is 12.1. The predicted octanol–water partition coefficient (Wildman–Crippen LogP) is 3.18. The second kappa shape index (κ2) is 7.98. The van der Waals surface area contributed by atoms with E-state index in [-0.39, 0.29) is 11.8 Å². The molecule has 1 N–H and O–H groups in total. The van der Waals surface area contributed by atoms with E-state index in [1.165, 1.54) is 6.07 Å². The Balaban J connectivity index is 1.48. The Morgan fingerprint density at radius 1 is 1.12 bits per heavy atom. The third-order valence-corrected chi connectivity index (χ3v) is 4.30. The average Bonchev–Trinajstić information content (AvgIpc) is 2.63. The zero-order chi connectivity index (χ0) is 17.6. The molecule has 0 aromatic heterocycles. The first-order valence-electron chi connectivity index (χ1n) is 8.31. The number of hydrogen-bond acceptors (Lipinski definition) is 3. The van der Waals surface area contributed by atoms with Crippen molar-refractivity contribution in [3.8, 4) is 5.75 Å². The van der Waals surface area contributed by atoms with Gasteiger partial charge in [-0.2, -0.15) is 0 Å². The number of nitrogens with zero attached hydrogens (tertiary/aromatic N) is 2. The van der Waals surface area contributed by atoms with E-state index in [0.717, 1.165) is 30.1 Å². The molecule has 3 rings (SSSR count). The highest BCUT2D eigenvalue weighted by molar-refractivity contribution is 5.89. The molecule has 1 aliphatic heterocycles. The molecular weight excluding hydrogens is 321 g/mol. The number of carbonyl (C=O) groups is 1. The minimum Gasteiger partial charge on any atom is -0.497 e. The zero-order valence-corrected chi connectivity index (χ0v) is 14.2. The molecule has 5 nitrogen and oxygen atoms in total. The number of ether oxygens (including phenoxy) is 1. The van der Waals surface area contributed by atoms with E-state index in [2.05, 4.69) is 10.2 Å². The van der Waals surface area contributed by atoms with Crippen LogP contribution in [0.2, 0.25) is 0 Å². The van der Waals surface area contributed by atoms with Gasteiger partial charge in [0.2, 0.25) is 0 Å². The van der Waals surface area contributed by atoms with Gasteiger partial charge in [-0.15, -0.1) is 0 Å². The van der Waals surface area contributed by atoms with E-state index < -0.39 is 0 Å². The quantitative estimate of drug-likeness (QED) is 0.927. The van der Waals surface area contributed by atoms with Gasteiger partial charge in [0.25, 0.3) is 0 Å². The van der Waals surface area contributed by atoms with Crippen LogP contribution in [-0.4, -0.2) is 49.1 Å². The summed E-state index contributed by atoms with van der Waals surface area (Å²) in [5.41, 5.74) is 1.70. The molecule has 0 saturated carbocycles. The third-order valence-electron chi connectivity index (χ3n) is 4.30. The first kappa shape index (κ1) is 17.2. The first-order valence-corrected chi connectivity index (χ1v) is 8.31. The summed E-state index contributed by atoms with van der Waals surface area (Å²) in [5.74, 6) is 0.541. The molecular formula is C19H22FN3O2. The molecule has 132 valence electrons. The smallest absolute Gasteiger partial charge is 0.321 e. The lowest BCUT2D eigenvalue weighted by molar-refractivity contribution is 0.143. The van der Waals surface area contributed by atoms with Crippen LogP contribution in [0.4, 0.5) is 14.9 Å². The topological polar surface area (TPSA) is 44.8 Å². The summed E-state index contributed by atoms with van der Waals surface area (Å²) >= 11 is 0. The van der Waals surface area contributed by atoms with Crippen LogP contribution in [0.15, 0.2) is 48.5 Å². The van der Waals surface area contributed by atoms with E-state index in [0.29, 0.717) is 19.6 Å². The van der Waals surface area contributed by atoms with Crippen molar-refractivity contribution in [2.24, 2.45) is 0 Å². The van der Waals surface area contributed by atoms with Crippen molar-refractivity contribution in [2.75, 3.05) is 38.6 Å². The Morgan fingerprint density at radius 2 is 1.84 bits per heavy atom. The molecule has 6 heteroatoms. The third kappa shape index (κ3) is 4.70. The molecule has 1 saturated heterocycles. The van der Waals surface area contributed by atoms with E-state index in [4.69, 9.17) is 4.74 Å². The van der Waals surface area contributed by atoms with Crippen molar-refractivity contribution in [1.82, 2.24) is 9.80 Å². The maximum absolute atomic E-state index is 13.3. The molecule has 0 spiro atoms. The Labute approximate surface area is 147 Å². The highest BCUT2D eigenvalue weighted by atomic mass is 19.1. The maximum Gasteiger partial charge on any atom is 0.321 e. The molecule has 2 aromatic rings. The summed E-state index contributed by atoms with van der Waals surface area (Å²) in [5, 5.41) is 2.90. The van der Waals surface area contributed by atoms with Crippen LogP contribution in [-0.2, 0) is 6.54 Å². The Kier molecular flexibility index (Phi) is 5.50. The number of urea groups is 1. The van der Waals surface area contributed by atoms with E-state index in [1.807, 2.05) is 30.3 Å². The fraction of sp³-hybridized carbons (Fsp3) is 0.316. The van der Waals surface area contributed by atoms with E-state index in [9.17, 15) is 9.18 Å². The highest BCUT2D eigenvalue weighted by Gasteiger charge is 2.21. The molecule has 0 unspecified atom stereocenters. The van der Waals surface area contributed by atoms with Crippen molar-refractivity contribution < 1.29 is 13.9 Å². The van der Waals surface area contributed by atoms with Crippen molar-refractivity contribution in [2.45, 2.75) is 6.54 Å². The molecule has 1 fully saturated rings. The molecule has 0 aliphatic carbocycles. The van der Waals surface area contributed by atoms with Gasteiger partial charge in [0, 0.05) is 38.4 Å². The number of hydrogen-bond donors (Lipinski definition) is 1. The second-order valence-corrected chi connectivity index (χ2v) is 6.05. The van der Waals surface area contributed by atoms with Gasteiger partial charge < -0.3 is 15.0 Å². The summed E-state index contributed by atoms with van der Waals surface area (Å²) in [6.45, 7) is 3.54. The number of anilines is 1. The van der Waals surface area contributed by atoms with Gasteiger partial charge in [0.1, 0.15) is 11.6 Å². The normalized spacial score (nSPS) is 15.0. The maximum atomic E-state index is 13.3. The van der Waals surface area contributed by atoms with Gasteiger partial charge in [-0.1, -0.05) is 12.1 Å². The standard InChI is InChI=1S/C19H22FN3O2/c1-25-18-7-5-17(6-8-18)21-19(24)23-11-9-22(10-12-23)14-15-3-2-4-16(20)13-15/h2-8,13H,9-12,14H2,1H3,(H,21,24). The highest BCUT2D eigenvalue weighted by Crippen LogP contribution is 2.16. The van der Waals surface area contributed by atoms with Crippen LogP contribution in [0, 0.1) is 5.82 Å². The van der Waals surface area contributed by atoms with Gasteiger partial charge in [-0.05, 0) is 42.0 Å². The summed E-state index contributed by atoms with van der Waals surface area (Å²) < 4.78 is 18.4. The second-order valence-electron chi connectivity index (χ2n) is 6.05. The van der Waals surface area contributed by atoms with Gasteiger partial charge in [0.15, 0.2) is 0 Å². The fourth-order valence-electron chi connectivity index (χ4n) is 2.88. The number of amides is 2. The van der Waals surface area contributed by atoms with Crippen LogP contribution >= 0.6 is 0 Å². The van der Waals surface area contributed by atoms with Crippen LogP contribution < -0.4 is 10.1 Å². The van der Waals surface area contributed by atoms with Gasteiger partial charge in [-0.25, -0.2) is 9.18 Å². The Morgan fingerprint density at radius 3 is 2.48 bits per heavy atom. The summed E-state index contributed by atoms with van der Waals surface area (Å²) in [4.78, 5) is 16.4. The Hall–Kier alpha value is -2.60. The molecule has 0 atom stereocenters. The zero-order valence-electron chi connectivity index (χ0n) is 14.2. The molecule has 25 heavy (non-hydrogen) atoms. The van der Waals surface area contributed by atoms with Gasteiger partial charge in [0.05, 0.1) is 7.11 Å². The van der Waals surface area contributed by atoms with Crippen molar-refractivity contribution >= 4 is 11.7 Å².